The lowest BCUT2D eigenvalue weighted by molar-refractivity contribution is -0.136. The van der Waals surface area contributed by atoms with Crippen molar-refractivity contribution in [2.45, 2.75) is 6.42 Å². The number of carboxylic acids is 1. The van der Waals surface area contributed by atoms with E-state index in [2.05, 4.69) is 0 Å². The fraction of sp³-hybridized carbons (Fsp3) is 0.0435. The average Bonchev–Trinajstić information content (AvgIpc) is 3.07. The largest absolute Gasteiger partial charge is 0.481 e. The number of fused-ring (bicyclic) bond motifs is 1. The number of rotatable bonds is 4. The normalized spacial score (nSPS) is 11.0. The van der Waals surface area contributed by atoms with Gasteiger partial charge in [-0.2, -0.15) is 0 Å². The van der Waals surface area contributed by atoms with Crippen LogP contribution in [-0.4, -0.2) is 21.6 Å². The zero-order valence-electron chi connectivity index (χ0n) is 15.1. The fourth-order valence-electron chi connectivity index (χ4n) is 3.41. The minimum Gasteiger partial charge on any atom is -0.481 e. The van der Waals surface area contributed by atoms with Crippen molar-refractivity contribution < 1.29 is 14.7 Å². The minimum absolute atomic E-state index is 0.154. The SMILES string of the molecule is O=C(O)Cc1cn(C(=O)c2cccc(-c3cccc(Cl)c3Cl)c2)c2ccccc12. The summed E-state index contributed by atoms with van der Waals surface area (Å²) in [6, 6.07) is 19.7. The van der Waals surface area contributed by atoms with Crippen molar-refractivity contribution in [1.29, 1.82) is 0 Å². The molecule has 0 unspecified atom stereocenters. The molecule has 144 valence electrons. The van der Waals surface area contributed by atoms with Gasteiger partial charge in [-0.25, -0.2) is 0 Å². The molecule has 0 bridgehead atoms. The van der Waals surface area contributed by atoms with E-state index in [4.69, 9.17) is 23.2 Å². The number of hydrogen-bond donors (Lipinski definition) is 1. The lowest BCUT2D eigenvalue weighted by Gasteiger charge is -2.09. The molecule has 29 heavy (non-hydrogen) atoms. The van der Waals surface area contributed by atoms with E-state index in [1.165, 1.54) is 4.57 Å². The molecule has 0 amide bonds. The summed E-state index contributed by atoms with van der Waals surface area (Å²) in [4.78, 5) is 24.5. The number of aromatic nitrogens is 1. The summed E-state index contributed by atoms with van der Waals surface area (Å²) >= 11 is 12.4. The number of para-hydroxylation sites is 1. The molecule has 0 saturated carbocycles. The van der Waals surface area contributed by atoms with Gasteiger partial charge in [-0.3, -0.25) is 14.2 Å². The number of hydrogen-bond acceptors (Lipinski definition) is 2. The molecule has 1 aromatic heterocycles. The number of nitrogens with zero attached hydrogens (tertiary/aromatic N) is 1. The zero-order chi connectivity index (χ0) is 20.5. The van der Waals surface area contributed by atoms with Gasteiger partial charge in [0.2, 0.25) is 0 Å². The van der Waals surface area contributed by atoms with E-state index in [1.807, 2.05) is 30.3 Å². The average molecular weight is 424 g/mol. The molecule has 0 fully saturated rings. The van der Waals surface area contributed by atoms with Gasteiger partial charge in [-0.15, -0.1) is 0 Å². The van der Waals surface area contributed by atoms with Crippen LogP contribution in [0.3, 0.4) is 0 Å². The van der Waals surface area contributed by atoms with Crippen LogP contribution in [0.2, 0.25) is 10.0 Å². The number of benzene rings is 3. The Morgan fingerprint density at radius 1 is 0.931 bits per heavy atom. The highest BCUT2D eigenvalue weighted by Gasteiger charge is 2.17. The lowest BCUT2D eigenvalue weighted by Crippen LogP contribution is -2.11. The molecule has 4 rings (SSSR count). The van der Waals surface area contributed by atoms with Crippen LogP contribution in [0.25, 0.3) is 22.0 Å². The molecule has 0 aliphatic carbocycles. The van der Waals surface area contributed by atoms with Crippen LogP contribution in [0.15, 0.2) is 72.9 Å². The van der Waals surface area contributed by atoms with Crippen LogP contribution in [0.4, 0.5) is 0 Å². The first-order valence-electron chi connectivity index (χ1n) is 8.85. The smallest absolute Gasteiger partial charge is 0.307 e. The summed E-state index contributed by atoms with van der Waals surface area (Å²) < 4.78 is 1.49. The summed E-state index contributed by atoms with van der Waals surface area (Å²) in [6.07, 6.45) is 1.44. The second-order valence-corrected chi connectivity index (χ2v) is 7.38. The molecule has 0 aliphatic rings. The highest BCUT2D eigenvalue weighted by Crippen LogP contribution is 2.34. The molecule has 0 spiro atoms. The highest BCUT2D eigenvalue weighted by atomic mass is 35.5. The van der Waals surface area contributed by atoms with E-state index >= 15 is 0 Å². The Morgan fingerprint density at radius 3 is 2.48 bits per heavy atom. The topological polar surface area (TPSA) is 59.3 Å². The van der Waals surface area contributed by atoms with Crippen molar-refractivity contribution in [1.82, 2.24) is 4.57 Å². The van der Waals surface area contributed by atoms with Gasteiger partial charge in [0.25, 0.3) is 5.91 Å². The van der Waals surface area contributed by atoms with E-state index < -0.39 is 5.97 Å². The molecule has 0 atom stereocenters. The van der Waals surface area contributed by atoms with Gasteiger partial charge in [-0.1, -0.05) is 65.7 Å². The molecule has 0 radical (unpaired) electrons. The predicted octanol–water partition coefficient (Wildman–Crippen LogP) is 5.93. The van der Waals surface area contributed by atoms with Crippen molar-refractivity contribution in [2.75, 3.05) is 0 Å². The van der Waals surface area contributed by atoms with Gasteiger partial charge < -0.3 is 5.11 Å². The Labute approximate surface area is 176 Å². The van der Waals surface area contributed by atoms with Gasteiger partial charge in [0.15, 0.2) is 0 Å². The van der Waals surface area contributed by atoms with Crippen LogP contribution in [0, 0.1) is 0 Å². The van der Waals surface area contributed by atoms with Crippen molar-refractivity contribution >= 4 is 46.0 Å². The lowest BCUT2D eigenvalue weighted by atomic mass is 10.0. The number of aliphatic carboxylic acids is 1. The predicted molar refractivity (Wildman–Crippen MR) is 115 cm³/mol. The van der Waals surface area contributed by atoms with Crippen LogP contribution in [0.5, 0.6) is 0 Å². The van der Waals surface area contributed by atoms with Gasteiger partial charge in [-0.05, 0) is 35.4 Å². The number of carboxylic acid groups (broad SMARTS) is 1. The van der Waals surface area contributed by atoms with Crippen molar-refractivity contribution in [3.05, 3.63) is 94.1 Å². The van der Waals surface area contributed by atoms with E-state index in [-0.39, 0.29) is 12.3 Å². The molecule has 3 aromatic carbocycles. The molecule has 4 nitrogen and oxygen atoms in total. The second-order valence-electron chi connectivity index (χ2n) is 6.60. The minimum atomic E-state index is -0.946. The first-order chi connectivity index (χ1) is 14.0. The van der Waals surface area contributed by atoms with E-state index in [0.717, 1.165) is 16.5 Å². The Hall–Kier alpha value is -3.08. The maximum atomic E-state index is 13.3. The summed E-state index contributed by atoms with van der Waals surface area (Å²) in [5.74, 6) is -1.20. The second kappa shape index (κ2) is 7.74. The number of halogens is 2. The Bertz CT molecular complexity index is 1260. The molecule has 0 saturated heterocycles. The molecule has 1 N–H and O–H groups in total. The van der Waals surface area contributed by atoms with Gasteiger partial charge >= 0.3 is 5.97 Å². The van der Waals surface area contributed by atoms with Gasteiger partial charge in [0.05, 0.1) is 22.0 Å². The summed E-state index contributed by atoms with van der Waals surface area (Å²) in [5.41, 5.74) is 3.22. The van der Waals surface area contributed by atoms with E-state index in [9.17, 15) is 14.7 Å². The third-order valence-corrected chi connectivity index (χ3v) is 5.55. The summed E-state index contributed by atoms with van der Waals surface area (Å²) in [7, 11) is 0. The first-order valence-corrected chi connectivity index (χ1v) is 9.61. The Morgan fingerprint density at radius 2 is 1.69 bits per heavy atom. The van der Waals surface area contributed by atoms with Crippen molar-refractivity contribution in [3.8, 4) is 11.1 Å². The van der Waals surface area contributed by atoms with Crippen LogP contribution in [0.1, 0.15) is 15.9 Å². The van der Waals surface area contributed by atoms with Gasteiger partial charge in [0, 0.05) is 22.7 Å². The quantitative estimate of drug-likeness (QED) is 0.442. The maximum absolute atomic E-state index is 13.3. The van der Waals surface area contributed by atoms with Crippen molar-refractivity contribution in [2.24, 2.45) is 0 Å². The van der Waals surface area contributed by atoms with Crippen LogP contribution in [-0.2, 0) is 11.2 Å². The number of carbonyl (C=O) groups is 2. The summed E-state index contributed by atoms with van der Waals surface area (Å²) in [6.45, 7) is 0. The van der Waals surface area contributed by atoms with Crippen LogP contribution >= 0.6 is 23.2 Å². The van der Waals surface area contributed by atoms with Gasteiger partial charge in [0.1, 0.15) is 0 Å². The standard InChI is InChI=1S/C23H15Cl2NO3/c24-19-9-4-8-18(22(19)25)14-5-3-6-15(11-14)23(29)26-13-16(12-21(27)28)17-7-1-2-10-20(17)26/h1-11,13H,12H2,(H,27,28). The molecular weight excluding hydrogens is 409 g/mol. The maximum Gasteiger partial charge on any atom is 0.307 e. The van der Waals surface area contributed by atoms with Crippen molar-refractivity contribution in [3.63, 3.8) is 0 Å². The number of carbonyl (C=O) groups excluding carboxylic acids is 1. The summed E-state index contributed by atoms with van der Waals surface area (Å²) in [5, 5.41) is 10.8. The Balaban J connectivity index is 1.80. The highest BCUT2D eigenvalue weighted by molar-refractivity contribution is 6.43. The third-order valence-electron chi connectivity index (χ3n) is 4.73. The molecular formula is C23H15Cl2NO3. The van der Waals surface area contributed by atoms with E-state index in [1.54, 1.807) is 42.6 Å². The van der Waals surface area contributed by atoms with Crippen LogP contribution < -0.4 is 0 Å². The zero-order valence-corrected chi connectivity index (χ0v) is 16.6. The Kier molecular flexibility index (Phi) is 5.14. The molecule has 4 aromatic rings. The molecule has 1 heterocycles. The molecule has 6 heteroatoms. The molecule has 0 aliphatic heterocycles. The van der Waals surface area contributed by atoms with E-state index in [0.29, 0.717) is 26.7 Å². The third kappa shape index (κ3) is 3.65. The fourth-order valence-corrected chi connectivity index (χ4v) is 3.82. The monoisotopic (exact) mass is 423 g/mol. The first kappa shape index (κ1) is 19.2.